The molecule has 2 N–H and O–H groups in total. The van der Waals surface area contributed by atoms with E-state index < -0.39 is 5.97 Å². The Morgan fingerprint density at radius 3 is 2.39 bits per heavy atom. The van der Waals surface area contributed by atoms with E-state index in [1.165, 1.54) is 5.56 Å². The van der Waals surface area contributed by atoms with Crippen LogP contribution >= 0.6 is 0 Å². The van der Waals surface area contributed by atoms with E-state index in [-0.39, 0.29) is 5.92 Å². The van der Waals surface area contributed by atoms with Gasteiger partial charge in [-0.3, -0.25) is 4.79 Å². The zero-order valence-electron chi connectivity index (χ0n) is 10.8. The van der Waals surface area contributed by atoms with Crippen LogP contribution in [-0.2, 0) is 4.79 Å². The Balaban J connectivity index is 1.83. The van der Waals surface area contributed by atoms with Gasteiger partial charge in [-0.25, -0.2) is 0 Å². The van der Waals surface area contributed by atoms with Gasteiger partial charge in [0.05, 0.1) is 5.92 Å². The van der Waals surface area contributed by atoms with E-state index in [1.54, 1.807) is 0 Å². The van der Waals surface area contributed by atoms with Gasteiger partial charge in [-0.15, -0.1) is 0 Å². The monoisotopic (exact) mass is 247 g/mol. The third-order valence-corrected chi connectivity index (χ3v) is 3.86. The van der Waals surface area contributed by atoms with Crippen LogP contribution < -0.4 is 5.32 Å². The summed E-state index contributed by atoms with van der Waals surface area (Å²) in [6.45, 7) is 2.17. The molecule has 0 radical (unpaired) electrons. The quantitative estimate of drug-likeness (QED) is 0.860. The Morgan fingerprint density at radius 2 is 1.83 bits per heavy atom. The molecular formula is C15H21NO2. The topological polar surface area (TPSA) is 49.3 Å². The van der Waals surface area contributed by atoms with Crippen molar-refractivity contribution in [3.8, 4) is 0 Å². The maximum atomic E-state index is 10.9. The molecule has 0 spiro atoms. The second-order valence-corrected chi connectivity index (χ2v) is 5.19. The van der Waals surface area contributed by atoms with E-state index in [1.807, 2.05) is 6.07 Å². The second-order valence-electron chi connectivity index (χ2n) is 5.19. The van der Waals surface area contributed by atoms with E-state index in [2.05, 4.69) is 36.5 Å². The molecule has 1 aromatic rings. The van der Waals surface area contributed by atoms with E-state index in [4.69, 9.17) is 5.11 Å². The van der Waals surface area contributed by atoms with Crippen molar-refractivity contribution in [3.05, 3.63) is 35.9 Å². The number of carbonyl (C=O) groups is 1. The molecule has 0 heterocycles. The zero-order valence-corrected chi connectivity index (χ0v) is 10.8. The van der Waals surface area contributed by atoms with Crippen LogP contribution in [0.3, 0.4) is 0 Å². The highest BCUT2D eigenvalue weighted by Crippen LogP contribution is 2.26. The zero-order chi connectivity index (χ0) is 13.0. The van der Waals surface area contributed by atoms with Crippen molar-refractivity contribution < 1.29 is 9.90 Å². The van der Waals surface area contributed by atoms with Crippen molar-refractivity contribution in [2.45, 2.75) is 44.7 Å². The molecule has 0 aromatic heterocycles. The molecule has 1 fully saturated rings. The van der Waals surface area contributed by atoms with Crippen molar-refractivity contribution >= 4 is 5.97 Å². The third-order valence-electron chi connectivity index (χ3n) is 3.86. The van der Waals surface area contributed by atoms with Crippen molar-refractivity contribution in [2.24, 2.45) is 5.92 Å². The largest absolute Gasteiger partial charge is 0.481 e. The summed E-state index contributed by atoms with van der Waals surface area (Å²) in [5.74, 6) is -0.764. The Kier molecular flexibility index (Phi) is 4.37. The van der Waals surface area contributed by atoms with Gasteiger partial charge in [-0.1, -0.05) is 30.3 Å². The van der Waals surface area contributed by atoms with Crippen molar-refractivity contribution in [3.63, 3.8) is 0 Å². The van der Waals surface area contributed by atoms with Crippen LogP contribution in [0.2, 0.25) is 0 Å². The molecule has 1 unspecified atom stereocenters. The summed E-state index contributed by atoms with van der Waals surface area (Å²) < 4.78 is 0. The number of carboxylic acids is 1. The number of hydrogen-bond acceptors (Lipinski definition) is 2. The van der Waals surface area contributed by atoms with E-state index in [0.29, 0.717) is 12.1 Å². The lowest BCUT2D eigenvalue weighted by Gasteiger charge is -2.29. The number of nitrogens with one attached hydrogen (secondary N) is 1. The summed E-state index contributed by atoms with van der Waals surface area (Å²) in [5.41, 5.74) is 1.29. The molecule has 0 amide bonds. The summed E-state index contributed by atoms with van der Waals surface area (Å²) in [6.07, 6.45) is 3.53. The normalized spacial score (nSPS) is 25.6. The van der Waals surface area contributed by atoms with Gasteiger partial charge in [0.15, 0.2) is 0 Å². The highest BCUT2D eigenvalue weighted by Gasteiger charge is 2.26. The molecule has 98 valence electrons. The summed E-state index contributed by atoms with van der Waals surface area (Å²) in [5, 5.41) is 12.6. The molecule has 1 atom stereocenters. The third kappa shape index (κ3) is 3.33. The van der Waals surface area contributed by atoms with Crippen LogP contribution in [0.25, 0.3) is 0 Å². The van der Waals surface area contributed by atoms with E-state index in [9.17, 15) is 4.79 Å². The summed E-state index contributed by atoms with van der Waals surface area (Å²) in [6, 6.07) is 11.2. The maximum Gasteiger partial charge on any atom is 0.306 e. The lowest BCUT2D eigenvalue weighted by atomic mass is 9.85. The molecule has 0 saturated heterocycles. The fraction of sp³-hybridized carbons (Fsp3) is 0.533. The Hall–Kier alpha value is -1.35. The van der Waals surface area contributed by atoms with Crippen LogP contribution in [0.1, 0.15) is 44.2 Å². The Bertz CT molecular complexity index is 383. The number of carboxylic acid groups (broad SMARTS) is 1. The summed E-state index contributed by atoms with van der Waals surface area (Å²) >= 11 is 0. The molecule has 1 saturated carbocycles. The van der Waals surface area contributed by atoms with Crippen LogP contribution in [-0.4, -0.2) is 17.1 Å². The Labute approximate surface area is 108 Å². The van der Waals surface area contributed by atoms with Crippen LogP contribution in [0, 0.1) is 5.92 Å². The lowest BCUT2D eigenvalue weighted by molar-refractivity contribution is -0.142. The van der Waals surface area contributed by atoms with Gasteiger partial charge >= 0.3 is 5.97 Å². The lowest BCUT2D eigenvalue weighted by Crippen LogP contribution is -2.36. The minimum Gasteiger partial charge on any atom is -0.481 e. The van der Waals surface area contributed by atoms with E-state index >= 15 is 0 Å². The van der Waals surface area contributed by atoms with Gasteiger partial charge in [0, 0.05) is 12.1 Å². The molecule has 1 aliphatic carbocycles. The van der Waals surface area contributed by atoms with Crippen molar-refractivity contribution in [1.82, 2.24) is 5.32 Å². The van der Waals surface area contributed by atoms with Gasteiger partial charge in [0.1, 0.15) is 0 Å². The molecular weight excluding hydrogens is 226 g/mol. The highest BCUT2D eigenvalue weighted by atomic mass is 16.4. The van der Waals surface area contributed by atoms with Crippen LogP contribution in [0.15, 0.2) is 30.3 Å². The van der Waals surface area contributed by atoms with Crippen LogP contribution in [0.4, 0.5) is 0 Å². The molecule has 1 aliphatic rings. The predicted octanol–water partition coefficient (Wildman–Crippen LogP) is 2.98. The maximum absolute atomic E-state index is 10.9. The average molecular weight is 247 g/mol. The number of hydrogen-bond donors (Lipinski definition) is 2. The predicted molar refractivity (Wildman–Crippen MR) is 71.4 cm³/mol. The van der Waals surface area contributed by atoms with Gasteiger partial charge in [-0.05, 0) is 38.2 Å². The minimum absolute atomic E-state index is 0.130. The number of rotatable bonds is 4. The SMILES string of the molecule is CC(NC1CCC(C(=O)O)CC1)c1ccccc1. The van der Waals surface area contributed by atoms with Crippen molar-refractivity contribution in [1.29, 1.82) is 0 Å². The molecule has 3 heteroatoms. The Morgan fingerprint density at radius 1 is 1.22 bits per heavy atom. The first-order valence-corrected chi connectivity index (χ1v) is 6.70. The minimum atomic E-state index is -0.635. The number of aliphatic carboxylic acids is 1. The van der Waals surface area contributed by atoms with Crippen LogP contribution in [0.5, 0.6) is 0 Å². The smallest absolute Gasteiger partial charge is 0.306 e. The van der Waals surface area contributed by atoms with Crippen molar-refractivity contribution in [2.75, 3.05) is 0 Å². The first kappa shape index (κ1) is 13.1. The van der Waals surface area contributed by atoms with E-state index in [0.717, 1.165) is 25.7 Å². The summed E-state index contributed by atoms with van der Waals surface area (Å²) in [7, 11) is 0. The van der Waals surface area contributed by atoms with Gasteiger partial charge in [-0.2, -0.15) is 0 Å². The van der Waals surface area contributed by atoms with Gasteiger partial charge in [0.25, 0.3) is 0 Å². The fourth-order valence-electron chi connectivity index (χ4n) is 2.70. The summed E-state index contributed by atoms with van der Waals surface area (Å²) in [4.78, 5) is 10.9. The first-order chi connectivity index (χ1) is 8.66. The molecule has 0 bridgehead atoms. The molecule has 1 aromatic carbocycles. The van der Waals surface area contributed by atoms with Gasteiger partial charge in [0.2, 0.25) is 0 Å². The molecule has 18 heavy (non-hydrogen) atoms. The second kappa shape index (κ2) is 6.01. The highest BCUT2D eigenvalue weighted by molar-refractivity contribution is 5.70. The molecule has 3 nitrogen and oxygen atoms in total. The molecule has 2 rings (SSSR count). The average Bonchev–Trinajstić information content (AvgIpc) is 2.40. The van der Waals surface area contributed by atoms with Gasteiger partial charge < -0.3 is 10.4 Å². The standard InChI is InChI=1S/C15H21NO2/c1-11(12-5-3-2-4-6-12)16-14-9-7-13(8-10-14)15(17)18/h2-6,11,13-14,16H,7-10H2,1H3,(H,17,18). The molecule has 0 aliphatic heterocycles. The first-order valence-electron chi connectivity index (χ1n) is 6.70. The number of benzene rings is 1. The fourth-order valence-corrected chi connectivity index (χ4v) is 2.70.